The van der Waals surface area contributed by atoms with Gasteiger partial charge < -0.3 is 15.7 Å². The van der Waals surface area contributed by atoms with E-state index in [1.54, 1.807) is 13.8 Å². The molecule has 0 radical (unpaired) electrons. The van der Waals surface area contributed by atoms with E-state index in [1.807, 2.05) is 31.2 Å². The van der Waals surface area contributed by atoms with E-state index in [1.165, 1.54) is 11.8 Å². The molecule has 0 aliphatic carbocycles. The average Bonchev–Trinajstić information content (AvgIpc) is 2.47. The van der Waals surface area contributed by atoms with Crippen LogP contribution >= 0.6 is 11.8 Å². The zero-order valence-corrected chi connectivity index (χ0v) is 15.0. The van der Waals surface area contributed by atoms with Gasteiger partial charge in [0.25, 0.3) is 0 Å². The Morgan fingerprint density at radius 2 is 1.67 bits per heavy atom. The molecule has 24 heavy (non-hydrogen) atoms. The van der Waals surface area contributed by atoms with Gasteiger partial charge in [-0.15, -0.1) is 11.8 Å². The molecular formula is C17H24N2O4S. The lowest BCUT2D eigenvalue weighted by atomic mass is 9.98. The van der Waals surface area contributed by atoms with E-state index < -0.39 is 11.5 Å². The Kier molecular flexibility index (Phi) is 7.78. The van der Waals surface area contributed by atoms with Crippen molar-refractivity contribution in [3.8, 4) is 0 Å². The fraction of sp³-hybridized carbons (Fsp3) is 0.471. The number of carboxylic acid groups (broad SMARTS) is 1. The monoisotopic (exact) mass is 352 g/mol. The molecule has 0 unspecified atom stereocenters. The van der Waals surface area contributed by atoms with Crippen LogP contribution in [0.25, 0.3) is 0 Å². The molecule has 1 aromatic carbocycles. The normalized spacial score (nSPS) is 11.0. The molecule has 0 saturated carbocycles. The van der Waals surface area contributed by atoms with Gasteiger partial charge in [-0.3, -0.25) is 14.4 Å². The van der Waals surface area contributed by atoms with Gasteiger partial charge in [-0.05, 0) is 39.3 Å². The quantitative estimate of drug-likeness (QED) is 0.634. The smallest absolute Gasteiger partial charge is 0.303 e. The Labute approximate surface area is 146 Å². The summed E-state index contributed by atoms with van der Waals surface area (Å²) in [6.45, 7) is 5.53. The van der Waals surface area contributed by atoms with E-state index in [0.29, 0.717) is 6.42 Å². The third kappa shape index (κ3) is 8.57. The highest BCUT2D eigenvalue weighted by atomic mass is 32.2. The molecule has 0 heterocycles. The predicted octanol–water partition coefficient (Wildman–Crippen LogP) is 2.43. The van der Waals surface area contributed by atoms with Crippen LogP contribution in [-0.4, -0.2) is 39.9 Å². The predicted molar refractivity (Wildman–Crippen MR) is 96.2 cm³/mol. The Bertz CT molecular complexity index is 585. The number of carbonyl (C=O) groups is 3. The molecule has 0 fully saturated rings. The fourth-order valence-corrected chi connectivity index (χ4v) is 2.58. The van der Waals surface area contributed by atoms with Gasteiger partial charge in [0.05, 0.1) is 11.5 Å². The van der Waals surface area contributed by atoms with Crippen molar-refractivity contribution in [2.75, 3.05) is 16.8 Å². The molecule has 0 saturated heterocycles. The van der Waals surface area contributed by atoms with Gasteiger partial charge in [0.1, 0.15) is 0 Å². The van der Waals surface area contributed by atoms with Gasteiger partial charge >= 0.3 is 5.97 Å². The number of aryl methyl sites for hydroxylation is 1. The number of anilines is 1. The Morgan fingerprint density at radius 3 is 2.25 bits per heavy atom. The van der Waals surface area contributed by atoms with Crippen molar-refractivity contribution in [2.45, 2.75) is 39.2 Å². The molecular weight excluding hydrogens is 328 g/mol. The Morgan fingerprint density at radius 1 is 1.08 bits per heavy atom. The molecule has 6 nitrogen and oxygen atoms in total. The second kappa shape index (κ2) is 9.32. The molecule has 7 heteroatoms. The maximum atomic E-state index is 11.9. The SMILES string of the molecule is Cc1ccc(NC(=O)CSCC(=O)NC(C)(C)CCC(=O)O)cc1. The number of aliphatic carboxylic acids is 1. The highest BCUT2D eigenvalue weighted by Crippen LogP contribution is 2.13. The summed E-state index contributed by atoms with van der Waals surface area (Å²) in [6, 6.07) is 7.48. The van der Waals surface area contributed by atoms with Crippen LogP contribution in [0.5, 0.6) is 0 Å². The Balaban J connectivity index is 2.28. The van der Waals surface area contributed by atoms with Gasteiger partial charge in [-0.2, -0.15) is 0 Å². The molecule has 0 spiro atoms. The zero-order valence-electron chi connectivity index (χ0n) is 14.2. The van der Waals surface area contributed by atoms with Crippen molar-refractivity contribution in [1.82, 2.24) is 5.32 Å². The molecule has 1 rings (SSSR count). The molecule has 1 aromatic rings. The lowest BCUT2D eigenvalue weighted by molar-refractivity contribution is -0.137. The second-order valence-electron chi connectivity index (χ2n) is 6.23. The first-order valence-corrected chi connectivity index (χ1v) is 8.80. The lowest BCUT2D eigenvalue weighted by Gasteiger charge is -2.25. The average molecular weight is 352 g/mol. The van der Waals surface area contributed by atoms with E-state index in [4.69, 9.17) is 5.11 Å². The zero-order chi connectivity index (χ0) is 18.2. The number of carboxylic acids is 1. The largest absolute Gasteiger partial charge is 0.481 e. The number of hydrogen-bond donors (Lipinski definition) is 3. The summed E-state index contributed by atoms with van der Waals surface area (Å²) in [5, 5.41) is 14.2. The lowest BCUT2D eigenvalue weighted by Crippen LogP contribution is -2.44. The summed E-state index contributed by atoms with van der Waals surface area (Å²) in [4.78, 5) is 34.3. The number of hydrogen-bond acceptors (Lipinski definition) is 4. The van der Waals surface area contributed by atoms with Crippen LogP contribution < -0.4 is 10.6 Å². The topological polar surface area (TPSA) is 95.5 Å². The van der Waals surface area contributed by atoms with Crippen molar-refractivity contribution in [1.29, 1.82) is 0 Å². The summed E-state index contributed by atoms with van der Waals surface area (Å²) in [5.41, 5.74) is 1.26. The standard InChI is InChI=1S/C17H24N2O4S/c1-12-4-6-13(7-5-12)18-14(20)10-24-11-15(21)19-17(2,3)9-8-16(22)23/h4-7H,8-11H2,1-3H3,(H,18,20)(H,19,21)(H,22,23). The summed E-state index contributed by atoms with van der Waals surface area (Å²) in [6.07, 6.45) is 0.353. The number of amides is 2. The minimum absolute atomic E-state index is 0.000616. The first kappa shape index (κ1) is 20.0. The molecule has 0 bridgehead atoms. The highest BCUT2D eigenvalue weighted by molar-refractivity contribution is 8.00. The van der Waals surface area contributed by atoms with E-state index >= 15 is 0 Å². The highest BCUT2D eigenvalue weighted by Gasteiger charge is 2.21. The van der Waals surface area contributed by atoms with Gasteiger partial charge in [0, 0.05) is 17.6 Å². The molecule has 132 valence electrons. The number of thioether (sulfide) groups is 1. The van der Waals surface area contributed by atoms with E-state index in [2.05, 4.69) is 10.6 Å². The first-order valence-electron chi connectivity index (χ1n) is 7.65. The maximum Gasteiger partial charge on any atom is 0.303 e. The van der Waals surface area contributed by atoms with E-state index in [9.17, 15) is 14.4 Å². The molecule has 2 amide bonds. The van der Waals surface area contributed by atoms with Gasteiger partial charge in [-0.1, -0.05) is 17.7 Å². The van der Waals surface area contributed by atoms with Gasteiger partial charge in [0.2, 0.25) is 11.8 Å². The first-order chi connectivity index (χ1) is 11.2. The summed E-state index contributed by atoms with van der Waals surface area (Å²) < 4.78 is 0. The van der Waals surface area contributed by atoms with Gasteiger partial charge in [-0.25, -0.2) is 0 Å². The van der Waals surface area contributed by atoms with Crippen LogP contribution in [-0.2, 0) is 14.4 Å². The third-order valence-corrected chi connectivity index (χ3v) is 4.18. The van der Waals surface area contributed by atoms with Crippen LogP contribution in [0.1, 0.15) is 32.3 Å². The molecule has 0 aliphatic rings. The number of rotatable bonds is 9. The minimum atomic E-state index is -0.889. The minimum Gasteiger partial charge on any atom is -0.481 e. The van der Waals surface area contributed by atoms with Crippen LogP contribution in [0.4, 0.5) is 5.69 Å². The van der Waals surface area contributed by atoms with Crippen molar-refractivity contribution in [3.63, 3.8) is 0 Å². The van der Waals surface area contributed by atoms with Crippen molar-refractivity contribution in [3.05, 3.63) is 29.8 Å². The number of benzene rings is 1. The number of nitrogens with one attached hydrogen (secondary N) is 2. The molecule has 0 aliphatic heterocycles. The van der Waals surface area contributed by atoms with E-state index in [0.717, 1.165) is 11.3 Å². The fourth-order valence-electron chi connectivity index (χ4n) is 1.97. The summed E-state index contributed by atoms with van der Waals surface area (Å²) in [5.74, 6) is -0.936. The molecule has 0 aromatic heterocycles. The van der Waals surface area contributed by atoms with Crippen LogP contribution in [0, 0.1) is 6.92 Å². The summed E-state index contributed by atoms with van der Waals surface area (Å²) in [7, 11) is 0. The second-order valence-corrected chi connectivity index (χ2v) is 7.22. The third-order valence-electron chi connectivity index (χ3n) is 3.24. The van der Waals surface area contributed by atoms with Gasteiger partial charge in [0.15, 0.2) is 0 Å². The summed E-state index contributed by atoms with van der Waals surface area (Å²) >= 11 is 1.22. The van der Waals surface area contributed by atoms with Crippen LogP contribution in [0.3, 0.4) is 0 Å². The van der Waals surface area contributed by atoms with Crippen LogP contribution in [0.2, 0.25) is 0 Å². The molecule has 0 atom stereocenters. The number of carbonyl (C=O) groups excluding carboxylic acids is 2. The maximum absolute atomic E-state index is 11.9. The Hall–Kier alpha value is -2.02. The van der Waals surface area contributed by atoms with E-state index in [-0.39, 0.29) is 29.7 Å². The van der Waals surface area contributed by atoms with Crippen molar-refractivity contribution >= 4 is 35.2 Å². The molecule has 3 N–H and O–H groups in total. The van der Waals surface area contributed by atoms with Crippen molar-refractivity contribution in [2.24, 2.45) is 0 Å². The van der Waals surface area contributed by atoms with Crippen molar-refractivity contribution < 1.29 is 19.5 Å². The van der Waals surface area contributed by atoms with Crippen LogP contribution in [0.15, 0.2) is 24.3 Å².